The van der Waals surface area contributed by atoms with Crippen molar-refractivity contribution in [3.8, 4) is 0 Å². The summed E-state index contributed by atoms with van der Waals surface area (Å²) < 4.78 is 26.1. The zero-order chi connectivity index (χ0) is 26.5. The number of amides is 2. The van der Waals surface area contributed by atoms with Gasteiger partial charge in [-0.25, -0.2) is 8.42 Å². The van der Waals surface area contributed by atoms with E-state index in [9.17, 15) is 18.0 Å². The van der Waals surface area contributed by atoms with E-state index in [0.717, 1.165) is 10.6 Å². The number of sulfonamides is 1. The van der Waals surface area contributed by atoms with Crippen molar-refractivity contribution in [2.75, 3.05) is 23.7 Å². The molecule has 1 N–H and O–H groups in total. The zero-order valence-corrected chi connectivity index (χ0v) is 23.5. The molecule has 2 rings (SSSR count). The smallest absolute Gasteiger partial charge is 0.244 e. The Hall–Kier alpha value is -1.71. The third-order valence-corrected chi connectivity index (χ3v) is 7.54. The summed E-state index contributed by atoms with van der Waals surface area (Å²) in [5.41, 5.74) is 0.713. The number of rotatable bonds is 10. The lowest BCUT2D eigenvalue weighted by atomic mass is 10.1. The first-order valence-corrected chi connectivity index (χ1v) is 14.0. The molecule has 0 heterocycles. The number of halogens is 4. The first-order chi connectivity index (χ1) is 16.2. The van der Waals surface area contributed by atoms with Crippen LogP contribution in [0.2, 0.25) is 20.1 Å². The van der Waals surface area contributed by atoms with Crippen LogP contribution >= 0.6 is 46.4 Å². The number of anilines is 1. The molecule has 0 bridgehead atoms. The summed E-state index contributed by atoms with van der Waals surface area (Å²) in [5.74, 6) is -0.784. The van der Waals surface area contributed by atoms with Crippen molar-refractivity contribution >= 4 is 73.9 Å². The molecule has 0 aromatic heterocycles. The molecule has 0 fully saturated rings. The van der Waals surface area contributed by atoms with Crippen molar-refractivity contribution in [1.82, 2.24) is 10.2 Å². The molecule has 12 heteroatoms. The van der Waals surface area contributed by atoms with Gasteiger partial charge in [0.05, 0.1) is 22.0 Å². The summed E-state index contributed by atoms with van der Waals surface area (Å²) in [4.78, 5) is 27.6. The molecule has 2 aromatic rings. The van der Waals surface area contributed by atoms with Gasteiger partial charge in [-0.1, -0.05) is 66.3 Å². The highest BCUT2D eigenvalue weighted by Gasteiger charge is 2.30. The Bertz CT molecular complexity index is 1190. The fourth-order valence-corrected chi connectivity index (χ4v) is 4.72. The highest BCUT2D eigenvalue weighted by Crippen LogP contribution is 2.29. The van der Waals surface area contributed by atoms with Gasteiger partial charge in [-0.3, -0.25) is 13.9 Å². The maximum absolute atomic E-state index is 13.5. The average Bonchev–Trinajstić information content (AvgIpc) is 2.75. The summed E-state index contributed by atoms with van der Waals surface area (Å²) in [6.45, 7) is 5.28. The van der Waals surface area contributed by atoms with Crippen molar-refractivity contribution in [2.24, 2.45) is 5.92 Å². The second kappa shape index (κ2) is 12.5. The lowest BCUT2D eigenvalue weighted by Gasteiger charge is -2.32. The molecule has 0 spiro atoms. The van der Waals surface area contributed by atoms with Crippen molar-refractivity contribution in [3.63, 3.8) is 0 Å². The number of carbonyl (C=O) groups is 2. The Morgan fingerprint density at radius 3 is 2.14 bits per heavy atom. The third kappa shape index (κ3) is 8.43. The Labute approximate surface area is 226 Å². The summed E-state index contributed by atoms with van der Waals surface area (Å²) in [6.07, 6.45) is 0.974. The van der Waals surface area contributed by atoms with Gasteiger partial charge in [-0.2, -0.15) is 0 Å². The lowest BCUT2D eigenvalue weighted by Crippen LogP contribution is -2.51. The number of hydrogen-bond acceptors (Lipinski definition) is 4. The topological polar surface area (TPSA) is 86.8 Å². The lowest BCUT2D eigenvalue weighted by molar-refractivity contribution is -0.139. The first-order valence-electron chi connectivity index (χ1n) is 10.6. The van der Waals surface area contributed by atoms with E-state index >= 15 is 0 Å². The monoisotopic (exact) mass is 581 g/mol. The van der Waals surface area contributed by atoms with Gasteiger partial charge in [0.15, 0.2) is 0 Å². The summed E-state index contributed by atoms with van der Waals surface area (Å²) in [6, 6.07) is 8.13. The van der Waals surface area contributed by atoms with Crippen LogP contribution in [0.5, 0.6) is 0 Å². The Balaban J connectivity index is 2.42. The normalized spacial score (nSPS) is 12.4. The van der Waals surface area contributed by atoms with Gasteiger partial charge in [0.1, 0.15) is 12.6 Å². The number of nitrogens with one attached hydrogen (secondary N) is 1. The Morgan fingerprint density at radius 1 is 0.943 bits per heavy atom. The predicted octanol–water partition coefficient (Wildman–Crippen LogP) is 5.26. The SMILES string of the molecule is CC(C)CNC(=O)[C@@H](C)N(Cc1ccc(Cl)cc1Cl)C(=O)CN(c1ccc(Cl)c(Cl)c1)S(C)(=O)=O. The first kappa shape index (κ1) is 29.5. The average molecular weight is 583 g/mol. The van der Waals surface area contributed by atoms with Crippen LogP contribution in [0.25, 0.3) is 0 Å². The molecule has 0 saturated heterocycles. The highest BCUT2D eigenvalue weighted by molar-refractivity contribution is 7.92. The van der Waals surface area contributed by atoms with Gasteiger partial charge < -0.3 is 10.2 Å². The largest absolute Gasteiger partial charge is 0.354 e. The molecule has 0 unspecified atom stereocenters. The van der Waals surface area contributed by atoms with Crippen molar-refractivity contribution in [2.45, 2.75) is 33.4 Å². The standard InChI is InChI=1S/C23H27Cl4N3O4S/c1-14(2)11-28-23(32)15(3)29(12-16-5-6-17(24)9-20(16)26)22(31)13-30(35(4,33)34)18-7-8-19(25)21(27)10-18/h5-10,14-15H,11-13H2,1-4H3,(H,28,32)/t15-/m1/s1. The van der Waals surface area contributed by atoms with E-state index in [4.69, 9.17) is 46.4 Å². The highest BCUT2D eigenvalue weighted by atomic mass is 35.5. The fraction of sp³-hybridized carbons (Fsp3) is 0.391. The van der Waals surface area contributed by atoms with Crippen molar-refractivity contribution < 1.29 is 18.0 Å². The minimum atomic E-state index is -3.89. The van der Waals surface area contributed by atoms with E-state index in [1.165, 1.54) is 29.2 Å². The third-order valence-electron chi connectivity index (χ3n) is 5.08. The number of benzene rings is 2. The van der Waals surface area contributed by atoms with E-state index in [0.29, 0.717) is 22.2 Å². The van der Waals surface area contributed by atoms with Gasteiger partial charge in [0.2, 0.25) is 21.8 Å². The summed E-state index contributed by atoms with van der Waals surface area (Å²) >= 11 is 24.3. The van der Waals surface area contributed by atoms with Crippen LogP contribution < -0.4 is 9.62 Å². The number of carbonyl (C=O) groups excluding carboxylic acids is 2. The van der Waals surface area contributed by atoms with E-state index in [-0.39, 0.29) is 34.1 Å². The summed E-state index contributed by atoms with van der Waals surface area (Å²) in [5, 5.41) is 3.91. The molecule has 1 atom stereocenters. The van der Waals surface area contributed by atoms with Crippen molar-refractivity contribution in [3.05, 3.63) is 62.1 Å². The maximum atomic E-state index is 13.5. The van der Waals surface area contributed by atoms with Crippen LogP contribution in [0.15, 0.2) is 36.4 Å². The molecule has 2 aromatic carbocycles. The molecule has 0 aliphatic heterocycles. The fourth-order valence-electron chi connectivity index (χ4n) is 3.12. The van der Waals surface area contributed by atoms with Gasteiger partial charge in [-0.05, 0) is 48.7 Å². The molecule has 7 nitrogen and oxygen atoms in total. The number of hydrogen-bond donors (Lipinski definition) is 1. The molecule has 0 aliphatic carbocycles. The molecule has 0 radical (unpaired) electrons. The zero-order valence-electron chi connectivity index (χ0n) is 19.7. The molecule has 192 valence electrons. The van der Waals surface area contributed by atoms with E-state index < -0.39 is 28.5 Å². The Morgan fingerprint density at radius 2 is 1.60 bits per heavy atom. The van der Waals surface area contributed by atoms with Gasteiger partial charge in [0.25, 0.3) is 0 Å². The Kier molecular flexibility index (Phi) is 10.5. The van der Waals surface area contributed by atoms with Crippen LogP contribution in [0.1, 0.15) is 26.3 Å². The van der Waals surface area contributed by atoms with Crippen LogP contribution in [0.4, 0.5) is 5.69 Å². The van der Waals surface area contributed by atoms with Gasteiger partial charge in [-0.15, -0.1) is 0 Å². The molecule has 35 heavy (non-hydrogen) atoms. The van der Waals surface area contributed by atoms with Crippen LogP contribution in [0, 0.1) is 5.92 Å². The van der Waals surface area contributed by atoms with Crippen LogP contribution in [-0.2, 0) is 26.2 Å². The molecular weight excluding hydrogens is 556 g/mol. The van der Waals surface area contributed by atoms with Gasteiger partial charge in [0, 0.05) is 23.1 Å². The van der Waals surface area contributed by atoms with E-state index in [2.05, 4.69) is 5.32 Å². The molecular formula is C23H27Cl4N3O4S. The maximum Gasteiger partial charge on any atom is 0.244 e. The number of nitrogens with zero attached hydrogens (tertiary/aromatic N) is 2. The second-order valence-corrected chi connectivity index (χ2v) is 12.0. The van der Waals surface area contributed by atoms with Crippen LogP contribution in [0.3, 0.4) is 0 Å². The van der Waals surface area contributed by atoms with Gasteiger partial charge >= 0.3 is 0 Å². The predicted molar refractivity (Wildman–Crippen MR) is 143 cm³/mol. The molecule has 0 aliphatic rings. The molecule has 2 amide bonds. The quantitative estimate of drug-likeness (QED) is 0.414. The second-order valence-electron chi connectivity index (χ2n) is 8.44. The minimum Gasteiger partial charge on any atom is -0.354 e. The molecule has 0 saturated carbocycles. The van der Waals surface area contributed by atoms with E-state index in [1.54, 1.807) is 19.1 Å². The van der Waals surface area contributed by atoms with Crippen molar-refractivity contribution in [1.29, 1.82) is 0 Å². The van der Waals surface area contributed by atoms with E-state index in [1.807, 2.05) is 13.8 Å². The summed E-state index contributed by atoms with van der Waals surface area (Å²) in [7, 11) is -3.89. The van der Waals surface area contributed by atoms with Crippen LogP contribution in [-0.4, -0.2) is 50.5 Å². The minimum absolute atomic E-state index is 0.0376.